The van der Waals surface area contributed by atoms with Crippen molar-refractivity contribution >= 4 is 0 Å². The number of benzene rings is 2. The topological polar surface area (TPSA) is 0 Å². The molecule has 0 unspecified atom stereocenters. The van der Waals surface area contributed by atoms with E-state index in [4.69, 9.17) is 0 Å². The predicted molar refractivity (Wildman–Crippen MR) is 55.7 cm³/mol. The molecule has 0 bridgehead atoms. The highest BCUT2D eigenvalue weighted by Gasteiger charge is 2.30. The maximum Gasteiger partial charge on any atom is 0.416 e. The summed E-state index contributed by atoms with van der Waals surface area (Å²) < 4.78 is 50.4. The fourth-order valence-corrected chi connectivity index (χ4v) is 1.47. The lowest BCUT2D eigenvalue weighted by atomic mass is 10.0. The first-order chi connectivity index (χ1) is 7.97. The fraction of sp³-hybridized carbons (Fsp3) is 0.0769. The molecule has 0 aliphatic heterocycles. The van der Waals surface area contributed by atoms with Gasteiger partial charge in [0.1, 0.15) is 5.82 Å². The molecule has 2 aromatic carbocycles. The molecular weight excluding hydrogens is 232 g/mol. The summed E-state index contributed by atoms with van der Waals surface area (Å²) in [5.74, 6) is -0.492. The van der Waals surface area contributed by atoms with Gasteiger partial charge in [-0.3, -0.25) is 0 Å². The Bertz CT molecular complexity index is 529. The lowest BCUT2D eigenvalue weighted by molar-refractivity contribution is -0.137. The van der Waals surface area contributed by atoms with Crippen molar-refractivity contribution in [3.05, 3.63) is 59.9 Å². The molecular formula is C13H7F4. The van der Waals surface area contributed by atoms with Gasteiger partial charge in [0.05, 0.1) is 5.56 Å². The van der Waals surface area contributed by atoms with Crippen LogP contribution in [0.4, 0.5) is 17.6 Å². The Labute approximate surface area is 95.5 Å². The molecule has 0 fully saturated rings. The van der Waals surface area contributed by atoms with E-state index in [1.807, 2.05) is 0 Å². The summed E-state index contributed by atoms with van der Waals surface area (Å²) in [7, 11) is 0. The molecule has 1 radical (unpaired) electrons. The maximum atomic E-state index is 13.0. The van der Waals surface area contributed by atoms with Crippen LogP contribution in [-0.4, -0.2) is 0 Å². The van der Waals surface area contributed by atoms with Gasteiger partial charge in [-0.2, -0.15) is 13.2 Å². The van der Waals surface area contributed by atoms with Crippen LogP contribution in [0.2, 0.25) is 0 Å². The largest absolute Gasteiger partial charge is 0.416 e. The van der Waals surface area contributed by atoms with Gasteiger partial charge in [-0.15, -0.1) is 0 Å². The van der Waals surface area contributed by atoms with E-state index in [2.05, 4.69) is 6.07 Å². The van der Waals surface area contributed by atoms with E-state index in [1.54, 1.807) is 0 Å². The Kier molecular flexibility index (Phi) is 2.88. The SMILES string of the molecule is Fc1cccc(-c2[c]ccc(C(F)(F)F)c2)c1. The second-order valence-corrected chi connectivity index (χ2v) is 3.50. The fourth-order valence-electron chi connectivity index (χ4n) is 1.47. The number of halogens is 4. The molecule has 0 spiro atoms. The summed E-state index contributed by atoms with van der Waals surface area (Å²) in [5, 5.41) is 0. The minimum Gasteiger partial charge on any atom is -0.207 e. The van der Waals surface area contributed by atoms with E-state index in [-0.39, 0.29) is 5.56 Å². The third-order valence-corrected chi connectivity index (χ3v) is 2.26. The smallest absolute Gasteiger partial charge is 0.207 e. The van der Waals surface area contributed by atoms with E-state index in [1.165, 1.54) is 30.3 Å². The van der Waals surface area contributed by atoms with Crippen LogP contribution in [0.15, 0.2) is 42.5 Å². The Hall–Kier alpha value is -1.84. The van der Waals surface area contributed by atoms with E-state index in [9.17, 15) is 17.6 Å². The van der Waals surface area contributed by atoms with Gasteiger partial charge in [-0.1, -0.05) is 18.2 Å². The standard InChI is InChI=1S/C13H7F4/c14-12-6-2-4-10(8-12)9-3-1-5-11(7-9)13(15,16)17/h1-2,4-8H. The van der Waals surface area contributed by atoms with Gasteiger partial charge in [-0.05, 0) is 41.5 Å². The molecule has 0 N–H and O–H groups in total. The van der Waals surface area contributed by atoms with Gasteiger partial charge in [0.2, 0.25) is 0 Å². The molecule has 2 rings (SSSR count). The lowest BCUT2D eigenvalue weighted by Gasteiger charge is -2.08. The van der Waals surface area contributed by atoms with Crippen LogP contribution >= 0.6 is 0 Å². The van der Waals surface area contributed by atoms with Gasteiger partial charge < -0.3 is 0 Å². The molecule has 0 aromatic heterocycles. The zero-order valence-electron chi connectivity index (χ0n) is 8.55. The van der Waals surface area contributed by atoms with Crippen molar-refractivity contribution in [3.8, 4) is 11.1 Å². The molecule has 4 heteroatoms. The monoisotopic (exact) mass is 239 g/mol. The van der Waals surface area contributed by atoms with Crippen LogP contribution in [0.3, 0.4) is 0 Å². The second-order valence-electron chi connectivity index (χ2n) is 3.50. The van der Waals surface area contributed by atoms with Crippen molar-refractivity contribution in [2.45, 2.75) is 6.18 Å². The zero-order chi connectivity index (χ0) is 12.5. The Morgan fingerprint density at radius 2 is 1.76 bits per heavy atom. The van der Waals surface area contributed by atoms with E-state index in [0.717, 1.165) is 12.1 Å². The van der Waals surface area contributed by atoms with Crippen LogP contribution in [0.25, 0.3) is 11.1 Å². The van der Waals surface area contributed by atoms with Crippen LogP contribution in [0, 0.1) is 11.9 Å². The summed E-state index contributed by atoms with van der Waals surface area (Å²) >= 11 is 0. The first-order valence-corrected chi connectivity index (χ1v) is 4.82. The van der Waals surface area contributed by atoms with Crippen molar-refractivity contribution in [3.63, 3.8) is 0 Å². The van der Waals surface area contributed by atoms with Crippen molar-refractivity contribution in [2.24, 2.45) is 0 Å². The average Bonchev–Trinajstić information content (AvgIpc) is 2.28. The van der Waals surface area contributed by atoms with Crippen molar-refractivity contribution < 1.29 is 17.6 Å². The highest BCUT2D eigenvalue weighted by molar-refractivity contribution is 5.63. The van der Waals surface area contributed by atoms with Gasteiger partial charge in [0.15, 0.2) is 0 Å². The zero-order valence-corrected chi connectivity index (χ0v) is 8.55. The Morgan fingerprint density at radius 1 is 1.00 bits per heavy atom. The summed E-state index contributed by atoms with van der Waals surface area (Å²) in [6.07, 6.45) is -4.41. The van der Waals surface area contributed by atoms with Gasteiger partial charge in [0.25, 0.3) is 0 Å². The second kappa shape index (κ2) is 4.20. The van der Waals surface area contributed by atoms with Crippen molar-refractivity contribution in [2.75, 3.05) is 0 Å². The number of rotatable bonds is 1. The first kappa shape index (κ1) is 11.6. The summed E-state index contributed by atoms with van der Waals surface area (Å²) in [6.45, 7) is 0. The highest BCUT2D eigenvalue weighted by atomic mass is 19.4. The van der Waals surface area contributed by atoms with Crippen LogP contribution < -0.4 is 0 Å². The average molecular weight is 239 g/mol. The molecule has 0 aliphatic carbocycles. The molecule has 0 nitrogen and oxygen atoms in total. The molecule has 17 heavy (non-hydrogen) atoms. The van der Waals surface area contributed by atoms with Crippen LogP contribution in [0.1, 0.15) is 5.56 Å². The molecule has 0 saturated heterocycles. The van der Waals surface area contributed by atoms with Crippen molar-refractivity contribution in [1.29, 1.82) is 0 Å². The minimum atomic E-state index is -4.41. The maximum absolute atomic E-state index is 13.0. The minimum absolute atomic E-state index is 0.222. The summed E-state index contributed by atoms with van der Waals surface area (Å²) in [6, 6.07) is 11.1. The molecule has 0 saturated carbocycles. The summed E-state index contributed by atoms with van der Waals surface area (Å²) in [5.41, 5.74) is -0.175. The molecule has 0 amide bonds. The number of hydrogen-bond donors (Lipinski definition) is 0. The van der Waals surface area contributed by atoms with Gasteiger partial charge in [0, 0.05) is 0 Å². The van der Waals surface area contributed by atoms with Crippen LogP contribution in [-0.2, 0) is 6.18 Å². The van der Waals surface area contributed by atoms with E-state index >= 15 is 0 Å². The van der Waals surface area contributed by atoms with Gasteiger partial charge >= 0.3 is 6.18 Å². The van der Waals surface area contributed by atoms with Crippen molar-refractivity contribution in [1.82, 2.24) is 0 Å². The normalized spacial score (nSPS) is 11.5. The highest BCUT2D eigenvalue weighted by Crippen LogP contribution is 2.31. The quantitative estimate of drug-likeness (QED) is 0.650. The Morgan fingerprint density at radius 3 is 2.41 bits per heavy atom. The number of hydrogen-bond acceptors (Lipinski definition) is 0. The Balaban J connectivity index is 2.47. The molecule has 87 valence electrons. The molecule has 0 atom stereocenters. The van der Waals surface area contributed by atoms with Crippen LogP contribution in [0.5, 0.6) is 0 Å². The third-order valence-electron chi connectivity index (χ3n) is 2.26. The number of alkyl halides is 3. The predicted octanol–water partition coefficient (Wildman–Crippen LogP) is 4.31. The lowest BCUT2D eigenvalue weighted by Crippen LogP contribution is -2.04. The molecule has 0 aliphatic rings. The first-order valence-electron chi connectivity index (χ1n) is 4.82. The van der Waals surface area contributed by atoms with E-state index < -0.39 is 17.6 Å². The molecule has 0 heterocycles. The summed E-state index contributed by atoms with van der Waals surface area (Å²) in [4.78, 5) is 0. The molecule has 2 aromatic rings. The van der Waals surface area contributed by atoms with E-state index in [0.29, 0.717) is 5.56 Å². The third kappa shape index (κ3) is 2.64. The van der Waals surface area contributed by atoms with Gasteiger partial charge in [-0.25, -0.2) is 4.39 Å².